The van der Waals surface area contributed by atoms with Crippen LogP contribution < -0.4 is 9.05 Å². The van der Waals surface area contributed by atoms with Gasteiger partial charge in [-0.15, -0.1) is 0 Å². The fraction of sp³-hybridized carbons (Fsp3) is 0.111. The van der Waals surface area contributed by atoms with Gasteiger partial charge in [-0.05, 0) is 23.6 Å². The number of halogens is 1. The van der Waals surface area contributed by atoms with Crippen LogP contribution in [0.5, 0.6) is 11.5 Å². The van der Waals surface area contributed by atoms with E-state index >= 15 is 0 Å². The van der Waals surface area contributed by atoms with Gasteiger partial charge in [-0.2, -0.15) is 0 Å². The van der Waals surface area contributed by atoms with Gasteiger partial charge in [-0.25, -0.2) is 4.57 Å². The Morgan fingerprint density at radius 1 is 0.923 bits per heavy atom. The molecule has 8 heteroatoms. The lowest BCUT2D eigenvalue weighted by Gasteiger charge is -2.15. The van der Waals surface area contributed by atoms with Gasteiger partial charge in [0.05, 0.1) is 4.92 Å². The Hall–Kier alpha value is -2.56. The summed E-state index contributed by atoms with van der Waals surface area (Å²) in [7, 11) is 0. The maximum Gasteiger partial charge on any atom is 0.530 e. The summed E-state index contributed by atoms with van der Waals surface area (Å²) in [6.45, 7) is 0.0229. The number of hydrogen-bond donors (Lipinski definition) is 0. The first-order valence-electron chi connectivity index (χ1n) is 7.86. The molecule has 26 heavy (non-hydrogen) atoms. The Bertz CT molecular complexity index is 940. The largest absolute Gasteiger partial charge is 0.530 e. The Kier molecular flexibility index (Phi) is 6.61. The van der Waals surface area contributed by atoms with Crippen LogP contribution in [0.4, 0.5) is 5.69 Å². The van der Waals surface area contributed by atoms with Crippen molar-refractivity contribution < 1.29 is 18.5 Å². The lowest BCUT2D eigenvalue weighted by atomic mass is 10.1. The highest BCUT2D eigenvalue weighted by molar-refractivity contribution is 7.82. The second kappa shape index (κ2) is 8.70. The second-order valence-corrected chi connectivity index (χ2v) is 7.31. The first-order chi connectivity index (χ1) is 12.4. The number of benzene rings is 3. The molecule has 3 aromatic rings. The molecule has 0 saturated heterocycles. The van der Waals surface area contributed by atoms with E-state index in [1.165, 1.54) is 24.3 Å². The van der Waals surface area contributed by atoms with Gasteiger partial charge < -0.3 is 9.05 Å². The van der Waals surface area contributed by atoms with Gasteiger partial charge in [0, 0.05) is 28.8 Å². The molecule has 0 aliphatic heterocycles. The monoisotopic (exact) mass is 393 g/mol. The van der Waals surface area contributed by atoms with E-state index in [0.717, 1.165) is 10.8 Å². The molecule has 0 fully saturated rings. The van der Waals surface area contributed by atoms with Gasteiger partial charge >= 0.3 is 6.95 Å². The van der Waals surface area contributed by atoms with E-state index in [1.807, 2.05) is 44.2 Å². The summed E-state index contributed by atoms with van der Waals surface area (Å²) in [5.41, 5.74) is -0.110. The molecule has 1 unspecified atom stereocenters. The van der Waals surface area contributed by atoms with Crippen molar-refractivity contribution in [3.05, 3.63) is 76.8 Å². The third-order valence-corrected chi connectivity index (χ3v) is 4.48. The number of nitrogens with zero attached hydrogens (tertiary/aromatic N) is 1. The van der Waals surface area contributed by atoms with E-state index in [0.29, 0.717) is 5.75 Å². The van der Waals surface area contributed by atoms with E-state index < -0.39 is 11.9 Å². The minimum absolute atomic E-state index is 0.110. The molecule has 0 N–H and O–H groups in total. The molecule has 0 heterocycles. The quantitative estimate of drug-likeness (QED) is 0.278. The standard InChI is InChI=1S/C16H11ClNO5P.C2H6/c17-24(21,22-14-10-8-13(9-11-14)18(19)20)23-16-7-3-5-12-4-1-2-6-15(12)16;1-2/h1-11H;1-2H3. The normalized spacial score (nSPS) is 12.4. The Balaban J connectivity index is 0.00000117. The van der Waals surface area contributed by atoms with Gasteiger partial charge in [0.25, 0.3) is 5.69 Å². The highest BCUT2D eigenvalue weighted by Gasteiger charge is 2.26. The van der Waals surface area contributed by atoms with Crippen LogP contribution in [0.3, 0.4) is 0 Å². The summed E-state index contributed by atoms with van der Waals surface area (Å²) in [6, 6.07) is 17.7. The van der Waals surface area contributed by atoms with Crippen molar-refractivity contribution in [1.29, 1.82) is 0 Å². The molecule has 0 radical (unpaired) electrons. The van der Waals surface area contributed by atoms with E-state index in [2.05, 4.69) is 0 Å². The molecule has 1 atom stereocenters. The van der Waals surface area contributed by atoms with Crippen LogP contribution in [0.25, 0.3) is 10.8 Å². The number of nitro benzene ring substituents is 1. The third kappa shape index (κ3) is 4.97. The fourth-order valence-electron chi connectivity index (χ4n) is 2.17. The molecule has 0 spiro atoms. The average molecular weight is 394 g/mol. The van der Waals surface area contributed by atoms with Crippen LogP contribution in [-0.4, -0.2) is 4.92 Å². The highest BCUT2D eigenvalue weighted by Crippen LogP contribution is 2.54. The second-order valence-electron chi connectivity index (χ2n) is 4.84. The van der Waals surface area contributed by atoms with E-state index in [9.17, 15) is 14.7 Å². The van der Waals surface area contributed by atoms with Crippen molar-refractivity contribution in [2.75, 3.05) is 0 Å². The van der Waals surface area contributed by atoms with Gasteiger partial charge in [-0.3, -0.25) is 10.1 Å². The van der Waals surface area contributed by atoms with Crippen LogP contribution >= 0.6 is 18.2 Å². The van der Waals surface area contributed by atoms with Crippen molar-refractivity contribution >= 4 is 34.6 Å². The first kappa shape index (κ1) is 19.8. The summed E-state index contributed by atoms with van der Waals surface area (Å²) >= 11 is 5.89. The van der Waals surface area contributed by atoms with Crippen LogP contribution in [0, 0.1) is 10.1 Å². The van der Waals surface area contributed by atoms with Gasteiger partial charge in [0.2, 0.25) is 0 Å². The fourth-order valence-corrected chi connectivity index (χ4v) is 3.43. The lowest BCUT2D eigenvalue weighted by Crippen LogP contribution is -1.96. The zero-order chi connectivity index (χ0) is 19.2. The van der Waals surface area contributed by atoms with Crippen LogP contribution in [0.2, 0.25) is 0 Å². The van der Waals surface area contributed by atoms with Crippen molar-refractivity contribution in [3.8, 4) is 11.5 Å². The average Bonchev–Trinajstić information content (AvgIpc) is 2.63. The minimum Gasteiger partial charge on any atom is -0.405 e. The maximum absolute atomic E-state index is 12.4. The van der Waals surface area contributed by atoms with E-state index in [4.69, 9.17) is 20.3 Å². The summed E-state index contributed by atoms with van der Waals surface area (Å²) in [6.07, 6.45) is 0. The van der Waals surface area contributed by atoms with Crippen LogP contribution in [0.15, 0.2) is 66.7 Å². The van der Waals surface area contributed by atoms with Crippen molar-refractivity contribution in [2.24, 2.45) is 0 Å². The molecule has 0 amide bonds. The minimum atomic E-state index is -3.98. The summed E-state index contributed by atoms with van der Waals surface area (Å²) in [5, 5.41) is 12.3. The molecule has 6 nitrogen and oxygen atoms in total. The first-order valence-corrected chi connectivity index (χ1v) is 10.3. The van der Waals surface area contributed by atoms with Crippen LogP contribution in [-0.2, 0) is 4.57 Å². The molecular formula is C18H17ClNO5P. The predicted molar refractivity (Wildman–Crippen MR) is 103 cm³/mol. The highest BCUT2D eigenvalue weighted by atomic mass is 35.7. The number of nitro groups is 1. The SMILES string of the molecule is CC.O=[N+]([O-])c1ccc(OP(=O)(Cl)Oc2cccc3ccccc23)cc1. The summed E-state index contributed by atoms with van der Waals surface area (Å²) < 4.78 is 22.9. The maximum atomic E-state index is 12.4. The molecule has 0 bridgehead atoms. The molecular weight excluding hydrogens is 377 g/mol. The summed E-state index contributed by atoms with van der Waals surface area (Å²) in [5.74, 6) is 0.438. The Labute approximate surface area is 155 Å². The lowest BCUT2D eigenvalue weighted by molar-refractivity contribution is -0.384. The van der Waals surface area contributed by atoms with Crippen molar-refractivity contribution in [1.82, 2.24) is 0 Å². The molecule has 3 aromatic carbocycles. The Morgan fingerprint density at radius 2 is 1.54 bits per heavy atom. The molecule has 0 aliphatic carbocycles. The van der Waals surface area contributed by atoms with Crippen LogP contribution in [0.1, 0.15) is 13.8 Å². The number of rotatable bonds is 5. The van der Waals surface area contributed by atoms with Gasteiger partial charge in [-0.1, -0.05) is 50.2 Å². The van der Waals surface area contributed by atoms with E-state index in [-0.39, 0.29) is 11.4 Å². The summed E-state index contributed by atoms with van der Waals surface area (Å²) in [4.78, 5) is 10.1. The molecule has 3 rings (SSSR count). The zero-order valence-corrected chi connectivity index (χ0v) is 15.8. The molecule has 0 aliphatic rings. The smallest absolute Gasteiger partial charge is 0.405 e. The number of hydrogen-bond acceptors (Lipinski definition) is 5. The topological polar surface area (TPSA) is 78.7 Å². The molecule has 0 saturated carbocycles. The van der Waals surface area contributed by atoms with Gasteiger partial charge in [0.1, 0.15) is 11.5 Å². The predicted octanol–water partition coefficient (Wildman–Crippen LogP) is 6.58. The number of fused-ring (bicyclic) bond motifs is 1. The molecule has 0 aromatic heterocycles. The number of non-ortho nitro benzene ring substituents is 1. The van der Waals surface area contributed by atoms with E-state index in [1.54, 1.807) is 12.1 Å². The zero-order valence-electron chi connectivity index (χ0n) is 14.2. The molecule has 136 valence electrons. The Morgan fingerprint density at radius 3 is 2.19 bits per heavy atom. The third-order valence-electron chi connectivity index (χ3n) is 3.22. The van der Waals surface area contributed by atoms with Crippen molar-refractivity contribution in [2.45, 2.75) is 13.8 Å². The van der Waals surface area contributed by atoms with Gasteiger partial charge in [0.15, 0.2) is 0 Å². The van der Waals surface area contributed by atoms with Crippen molar-refractivity contribution in [3.63, 3.8) is 0 Å².